The second kappa shape index (κ2) is 14.4. The summed E-state index contributed by atoms with van der Waals surface area (Å²) in [7, 11) is 3.18. The summed E-state index contributed by atoms with van der Waals surface area (Å²) in [4.78, 5) is 19.6. The van der Waals surface area contributed by atoms with Crippen molar-refractivity contribution in [3.8, 4) is 0 Å². The molecule has 0 aliphatic heterocycles. The number of pyridine rings is 1. The number of benzene rings is 1. The van der Waals surface area contributed by atoms with Crippen LogP contribution < -0.4 is 10.6 Å². The summed E-state index contributed by atoms with van der Waals surface area (Å²) in [5.41, 5.74) is 11.2. The van der Waals surface area contributed by atoms with Gasteiger partial charge < -0.3 is 20.1 Å². The molecule has 0 saturated carbocycles. The number of hydrogen-bond donors (Lipinski definition) is 2. The number of rotatable bonds is 13. The van der Waals surface area contributed by atoms with E-state index < -0.39 is 0 Å². The molecule has 1 aromatic carbocycles. The van der Waals surface area contributed by atoms with Crippen LogP contribution in [0, 0.1) is 0 Å². The molecule has 0 radical (unpaired) electrons. The molecule has 9 heteroatoms. The minimum Gasteiger partial charge on any atom is -0.377 e. The van der Waals surface area contributed by atoms with E-state index in [0.717, 1.165) is 17.5 Å². The van der Waals surface area contributed by atoms with Crippen molar-refractivity contribution in [3.05, 3.63) is 82.1 Å². The van der Waals surface area contributed by atoms with Gasteiger partial charge in [-0.1, -0.05) is 47.6 Å². The molecule has 0 atom stereocenters. The van der Waals surface area contributed by atoms with Crippen molar-refractivity contribution >= 4 is 23.7 Å². The Morgan fingerprint density at radius 2 is 1.97 bits per heavy atom. The molecule has 9 nitrogen and oxygen atoms in total. The van der Waals surface area contributed by atoms with Gasteiger partial charge in [-0.05, 0) is 35.2 Å². The summed E-state index contributed by atoms with van der Waals surface area (Å²) in [6.45, 7) is 0.953. The van der Waals surface area contributed by atoms with Crippen molar-refractivity contribution in [1.29, 1.82) is 0 Å². The summed E-state index contributed by atoms with van der Waals surface area (Å²) in [5, 5.41) is 9.63. The molecule has 0 unspecified atom stereocenters. The third-order valence-electron chi connectivity index (χ3n) is 4.44. The molecule has 1 amide bonds. The average Bonchev–Trinajstić information content (AvgIpc) is 2.83. The van der Waals surface area contributed by atoms with Crippen LogP contribution in [0.5, 0.6) is 0 Å². The number of azide groups is 1. The van der Waals surface area contributed by atoms with Crippen LogP contribution in [0.25, 0.3) is 22.6 Å². The lowest BCUT2D eigenvalue weighted by Gasteiger charge is -2.14. The Morgan fingerprint density at radius 1 is 1.19 bits per heavy atom. The van der Waals surface area contributed by atoms with Gasteiger partial charge in [0.05, 0.1) is 0 Å². The first-order valence-corrected chi connectivity index (χ1v) is 10.2. The summed E-state index contributed by atoms with van der Waals surface area (Å²) in [5.74, 6) is -0.202. The van der Waals surface area contributed by atoms with Gasteiger partial charge in [-0.25, -0.2) is 0 Å². The molecule has 0 bridgehead atoms. The Labute approximate surface area is 187 Å². The first-order valence-electron chi connectivity index (χ1n) is 10.2. The maximum absolute atomic E-state index is 12.7. The number of ether oxygens (including phenoxy) is 2. The highest BCUT2D eigenvalue weighted by Gasteiger charge is 2.10. The third-order valence-corrected chi connectivity index (χ3v) is 4.44. The lowest BCUT2D eigenvalue weighted by molar-refractivity contribution is -0.118. The van der Waals surface area contributed by atoms with E-state index in [0.29, 0.717) is 30.9 Å². The Morgan fingerprint density at radius 3 is 2.62 bits per heavy atom. The monoisotopic (exact) mass is 436 g/mol. The van der Waals surface area contributed by atoms with E-state index in [1.807, 2.05) is 36.4 Å². The molecule has 0 aliphatic rings. The SMILES string of the molecule is COC(CCCNC(=O)C(=Cc1cccnc1)NCC=Cc1ccc(N=[N+]=[N-])cc1)OC. The summed E-state index contributed by atoms with van der Waals surface area (Å²) < 4.78 is 10.3. The van der Waals surface area contributed by atoms with E-state index in [2.05, 4.69) is 25.6 Å². The minimum absolute atomic E-state index is 0.202. The lowest BCUT2D eigenvalue weighted by atomic mass is 10.2. The van der Waals surface area contributed by atoms with Crippen LogP contribution in [0.3, 0.4) is 0 Å². The molecule has 1 heterocycles. The van der Waals surface area contributed by atoms with Gasteiger partial charge in [0.2, 0.25) is 0 Å². The van der Waals surface area contributed by atoms with E-state index in [4.69, 9.17) is 15.0 Å². The second-order valence-electron chi connectivity index (χ2n) is 6.71. The third kappa shape index (κ3) is 9.01. The zero-order valence-corrected chi connectivity index (χ0v) is 18.3. The molecule has 0 spiro atoms. The van der Waals surface area contributed by atoms with E-state index in [-0.39, 0.29) is 12.2 Å². The van der Waals surface area contributed by atoms with Crippen LogP contribution in [-0.2, 0) is 14.3 Å². The summed E-state index contributed by atoms with van der Waals surface area (Å²) in [6.07, 6.45) is 10.1. The van der Waals surface area contributed by atoms with Crippen molar-refractivity contribution < 1.29 is 14.3 Å². The maximum Gasteiger partial charge on any atom is 0.267 e. The molecule has 2 rings (SSSR count). The average molecular weight is 437 g/mol. The zero-order valence-electron chi connectivity index (χ0n) is 18.3. The predicted octanol–water partition coefficient (Wildman–Crippen LogP) is 4.18. The fraction of sp³-hybridized carbons (Fsp3) is 0.304. The number of carbonyl (C=O) groups is 1. The highest BCUT2D eigenvalue weighted by Crippen LogP contribution is 2.14. The van der Waals surface area contributed by atoms with Crippen molar-refractivity contribution in [2.75, 3.05) is 27.3 Å². The number of amides is 1. The van der Waals surface area contributed by atoms with Crippen molar-refractivity contribution in [1.82, 2.24) is 15.6 Å². The molecule has 168 valence electrons. The fourth-order valence-electron chi connectivity index (χ4n) is 2.79. The maximum atomic E-state index is 12.7. The number of methoxy groups -OCH3 is 2. The van der Waals surface area contributed by atoms with Crippen molar-refractivity contribution in [3.63, 3.8) is 0 Å². The number of carbonyl (C=O) groups excluding carboxylic acids is 1. The fourth-order valence-corrected chi connectivity index (χ4v) is 2.79. The largest absolute Gasteiger partial charge is 0.377 e. The van der Waals surface area contributed by atoms with Gasteiger partial charge in [0.15, 0.2) is 6.29 Å². The van der Waals surface area contributed by atoms with E-state index in [1.165, 1.54) is 0 Å². The van der Waals surface area contributed by atoms with E-state index in [1.54, 1.807) is 44.8 Å². The molecule has 32 heavy (non-hydrogen) atoms. The second-order valence-corrected chi connectivity index (χ2v) is 6.71. The van der Waals surface area contributed by atoms with Gasteiger partial charge in [0, 0.05) is 56.7 Å². The Kier molecular flexibility index (Phi) is 11.1. The van der Waals surface area contributed by atoms with Crippen LogP contribution in [0.15, 0.2) is 65.7 Å². The van der Waals surface area contributed by atoms with Crippen LogP contribution in [0.1, 0.15) is 24.0 Å². The van der Waals surface area contributed by atoms with Gasteiger partial charge in [0.25, 0.3) is 5.91 Å². The molecule has 2 aromatic rings. The first kappa shape index (κ1) is 24.6. The van der Waals surface area contributed by atoms with E-state index >= 15 is 0 Å². The molecular weight excluding hydrogens is 408 g/mol. The Balaban J connectivity index is 1.95. The molecule has 2 N–H and O–H groups in total. The lowest BCUT2D eigenvalue weighted by Crippen LogP contribution is -2.33. The van der Waals surface area contributed by atoms with Crippen molar-refractivity contribution in [2.45, 2.75) is 19.1 Å². The molecule has 1 aromatic heterocycles. The van der Waals surface area contributed by atoms with Gasteiger partial charge in [0.1, 0.15) is 5.70 Å². The molecule has 0 fully saturated rings. The Hall–Kier alpha value is -3.65. The van der Waals surface area contributed by atoms with E-state index in [9.17, 15) is 4.79 Å². The molecule has 0 aliphatic carbocycles. The normalized spacial score (nSPS) is 11.4. The van der Waals surface area contributed by atoms with Gasteiger partial charge in [-0.2, -0.15) is 0 Å². The van der Waals surface area contributed by atoms with Gasteiger partial charge >= 0.3 is 0 Å². The smallest absolute Gasteiger partial charge is 0.267 e. The molecular formula is C23H28N6O3. The number of hydrogen-bond acceptors (Lipinski definition) is 6. The van der Waals surface area contributed by atoms with Crippen LogP contribution >= 0.6 is 0 Å². The number of nitrogens with zero attached hydrogens (tertiary/aromatic N) is 4. The topological polar surface area (TPSA) is 121 Å². The van der Waals surface area contributed by atoms with Gasteiger partial charge in [-0.15, -0.1) is 0 Å². The summed E-state index contributed by atoms with van der Waals surface area (Å²) >= 11 is 0. The van der Waals surface area contributed by atoms with Crippen LogP contribution in [0.4, 0.5) is 5.69 Å². The van der Waals surface area contributed by atoms with Crippen LogP contribution in [0.2, 0.25) is 0 Å². The van der Waals surface area contributed by atoms with Crippen molar-refractivity contribution in [2.24, 2.45) is 5.11 Å². The zero-order chi connectivity index (χ0) is 23.0. The number of nitrogens with one attached hydrogen (secondary N) is 2. The summed E-state index contributed by atoms with van der Waals surface area (Å²) in [6, 6.07) is 10.9. The minimum atomic E-state index is -0.277. The quantitative estimate of drug-likeness (QED) is 0.122. The first-order chi connectivity index (χ1) is 15.7. The standard InChI is InChI=1S/C23H28N6O3/c1-31-22(32-2)8-5-15-27-23(30)21(16-19-7-3-13-25-17-19)26-14-4-6-18-9-11-20(12-10-18)28-29-24/h3-4,6-7,9-13,16-17,22,26H,5,8,14-15H2,1-2H3,(H,27,30). The highest BCUT2D eigenvalue weighted by molar-refractivity contribution is 5.97. The number of aromatic nitrogens is 1. The van der Waals surface area contributed by atoms with Crippen LogP contribution in [-0.4, -0.2) is 44.5 Å². The van der Waals surface area contributed by atoms with Gasteiger partial charge in [-0.3, -0.25) is 9.78 Å². The predicted molar refractivity (Wildman–Crippen MR) is 125 cm³/mol. The highest BCUT2D eigenvalue weighted by atomic mass is 16.7. The Bertz CT molecular complexity index is 934. The molecule has 0 saturated heterocycles.